The third-order valence-electron chi connectivity index (χ3n) is 1.57. The average molecular weight is 260 g/mol. The molecule has 0 atom stereocenters. The summed E-state index contributed by atoms with van der Waals surface area (Å²) >= 11 is 0. The van der Waals surface area contributed by atoms with Gasteiger partial charge in [0.25, 0.3) is 0 Å². The Morgan fingerprint density at radius 2 is 1.06 bits per heavy atom. The van der Waals surface area contributed by atoms with Crippen molar-refractivity contribution in [2.75, 3.05) is 0 Å². The zero-order chi connectivity index (χ0) is 13.0. The Balaban J connectivity index is 4.44. The van der Waals surface area contributed by atoms with E-state index in [4.69, 9.17) is 13.6 Å². The molecule has 17 heavy (non-hydrogen) atoms. The van der Waals surface area contributed by atoms with E-state index in [1.807, 2.05) is 20.8 Å². The predicted octanol–water partition coefficient (Wildman–Crippen LogP) is 4.92. The van der Waals surface area contributed by atoms with E-state index in [2.05, 4.69) is 0 Å². The summed E-state index contributed by atoms with van der Waals surface area (Å²) in [6, 6.07) is 0. The van der Waals surface area contributed by atoms with E-state index in [0.29, 0.717) is 0 Å². The molecular formula is C12H21O4P. The molecule has 0 aliphatic heterocycles. The lowest BCUT2D eigenvalue weighted by molar-refractivity contribution is 0.229. The Morgan fingerprint density at radius 1 is 0.765 bits per heavy atom. The van der Waals surface area contributed by atoms with E-state index in [0.717, 1.165) is 19.3 Å². The minimum Gasteiger partial charge on any atom is -0.394 e. The molecule has 0 amide bonds. The first kappa shape index (κ1) is 15.9. The van der Waals surface area contributed by atoms with Crippen molar-refractivity contribution in [3.8, 4) is 0 Å². The fraction of sp³-hybridized carbons (Fsp3) is 0.500. The summed E-state index contributed by atoms with van der Waals surface area (Å²) in [5.41, 5.74) is 0. The summed E-state index contributed by atoms with van der Waals surface area (Å²) in [5, 5.41) is 0. The van der Waals surface area contributed by atoms with E-state index in [9.17, 15) is 4.57 Å². The summed E-state index contributed by atoms with van der Waals surface area (Å²) < 4.78 is 27.0. The zero-order valence-corrected chi connectivity index (χ0v) is 11.6. The summed E-state index contributed by atoms with van der Waals surface area (Å²) in [6.07, 6.45) is 11.5. The standard InChI is InChI=1S/C12H21O4P/c1-4-7-10-14-17(13,15-11-8-5-2)16-12-9-6-3/h7-12H,4-6H2,1-3H3/b10-7+,11-8+,12-9+. The van der Waals surface area contributed by atoms with Crippen molar-refractivity contribution in [1.29, 1.82) is 0 Å². The van der Waals surface area contributed by atoms with Crippen molar-refractivity contribution in [2.45, 2.75) is 40.0 Å². The van der Waals surface area contributed by atoms with Gasteiger partial charge in [0.05, 0.1) is 18.8 Å². The quantitative estimate of drug-likeness (QED) is 0.436. The predicted molar refractivity (Wildman–Crippen MR) is 69.2 cm³/mol. The molecule has 0 aliphatic rings. The second-order valence-electron chi connectivity index (χ2n) is 3.10. The highest BCUT2D eigenvalue weighted by Crippen LogP contribution is 2.50. The lowest BCUT2D eigenvalue weighted by atomic mass is 10.5. The summed E-state index contributed by atoms with van der Waals surface area (Å²) in [4.78, 5) is 0. The molecule has 0 aromatic carbocycles. The van der Waals surface area contributed by atoms with E-state index < -0.39 is 7.82 Å². The number of hydrogen-bond donors (Lipinski definition) is 0. The third-order valence-corrected chi connectivity index (χ3v) is 2.71. The van der Waals surface area contributed by atoms with Gasteiger partial charge in [-0.05, 0) is 37.5 Å². The molecule has 0 bridgehead atoms. The van der Waals surface area contributed by atoms with Crippen LogP contribution in [0.25, 0.3) is 0 Å². The van der Waals surface area contributed by atoms with Crippen LogP contribution in [0, 0.1) is 0 Å². The largest absolute Gasteiger partial charge is 0.645 e. The first-order valence-electron chi connectivity index (χ1n) is 5.78. The molecule has 0 N–H and O–H groups in total. The minimum atomic E-state index is -3.57. The Morgan fingerprint density at radius 3 is 1.29 bits per heavy atom. The van der Waals surface area contributed by atoms with Gasteiger partial charge in [0, 0.05) is 0 Å². The lowest BCUT2D eigenvalue weighted by Gasteiger charge is -2.12. The third kappa shape index (κ3) is 8.64. The van der Waals surface area contributed by atoms with Crippen LogP contribution in [0.3, 0.4) is 0 Å². The Hall–Kier alpha value is -1.15. The van der Waals surface area contributed by atoms with Gasteiger partial charge in [-0.2, -0.15) is 4.57 Å². The van der Waals surface area contributed by atoms with Crippen LogP contribution in [0.15, 0.2) is 37.0 Å². The average Bonchev–Trinajstić information content (AvgIpc) is 2.30. The molecule has 0 aromatic rings. The summed E-state index contributed by atoms with van der Waals surface area (Å²) in [5.74, 6) is 0. The van der Waals surface area contributed by atoms with E-state index in [1.54, 1.807) is 18.2 Å². The van der Waals surface area contributed by atoms with Crippen LogP contribution in [0.1, 0.15) is 40.0 Å². The van der Waals surface area contributed by atoms with Crippen LogP contribution in [0.4, 0.5) is 0 Å². The first-order valence-corrected chi connectivity index (χ1v) is 7.24. The zero-order valence-electron chi connectivity index (χ0n) is 10.7. The van der Waals surface area contributed by atoms with Crippen LogP contribution < -0.4 is 0 Å². The van der Waals surface area contributed by atoms with Gasteiger partial charge in [-0.25, -0.2) is 0 Å². The normalized spacial score (nSPS) is 12.6. The molecule has 5 heteroatoms. The minimum absolute atomic E-state index is 0.787. The Labute approximate surface area is 104 Å². The van der Waals surface area contributed by atoms with E-state index in [-0.39, 0.29) is 0 Å². The van der Waals surface area contributed by atoms with Crippen LogP contribution in [-0.2, 0) is 18.1 Å². The van der Waals surface area contributed by atoms with Crippen LogP contribution in [0.2, 0.25) is 0 Å². The smallest absolute Gasteiger partial charge is 0.394 e. The molecule has 0 fully saturated rings. The number of rotatable bonds is 9. The molecular weight excluding hydrogens is 239 g/mol. The molecule has 0 aromatic heterocycles. The maximum atomic E-state index is 12.0. The van der Waals surface area contributed by atoms with Gasteiger partial charge in [0.2, 0.25) is 0 Å². The fourth-order valence-corrected chi connectivity index (χ4v) is 1.57. The number of phosphoric acid groups is 1. The molecule has 0 saturated heterocycles. The highest BCUT2D eigenvalue weighted by atomic mass is 31.2. The lowest BCUT2D eigenvalue weighted by Crippen LogP contribution is -1.88. The van der Waals surface area contributed by atoms with Gasteiger partial charge in [0.1, 0.15) is 0 Å². The Bertz CT molecular complexity index is 260. The molecule has 0 heterocycles. The van der Waals surface area contributed by atoms with Gasteiger partial charge >= 0.3 is 7.82 Å². The molecule has 0 aliphatic carbocycles. The van der Waals surface area contributed by atoms with Gasteiger partial charge < -0.3 is 13.6 Å². The van der Waals surface area contributed by atoms with Gasteiger partial charge in [-0.15, -0.1) is 0 Å². The van der Waals surface area contributed by atoms with Gasteiger partial charge in [-0.3, -0.25) is 0 Å². The molecule has 0 radical (unpaired) electrons. The van der Waals surface area contributed by atoms with Crippen molar-refractivity contribution in [1.82, 2.24) is 0 Å². The van der Waals surface area contributed by atoms with Crippen molar-refractivity contribution in [2.24, 2.45) is 0 Å². The van der Waals surface area contributed by atoms with Crippen molar-refractivity contribution in [3.05, 3.63) is 37.0 Å². The van der Waals surface area contributed by atoms with Crippen molar-refractivity contribution < 1.29 is 18.1 Å². The number of hydrogen-bond acceptors (Lipinski definition) is 4. The molecule has 0 spiro atoms. The maximum Gasteiger partial charge on any atom is 0.645 e. The van der Waals surface area contributed by atoms with E-state index in [1.165, 1.54) is 18.8 Å². The SMILES string of the molecule is CC/C=C/OP(=O)(O/C=C/CC)O/C=C/CC. The Kier molecular flexibility index (Phi) is 9.35. The van der Waals surface area contributed by atoms with Crippen LogP contribution in [-0.4, -0.2) is 0 Å². The highest BCUT2D eigenvalue weighted by molar-refractivity contribution is 7.48. The second kappa shape index (κ2) is 10.0. The highest BCUT2D eigenvalue weighted by Gasteiger charge is 2.27. The molecule has 98 valence electrons. The molecule has 0 unspecified atom stereocenters. The topological polar surface area (TPSA) is 44.8 Å². The fourth-order valence-electron chi connectivity index (χ4n) is 0.716. The monoisotopic (exact) mass is 260 g/mol. The molecule has 0 rings (SSSR count). The first-order chi connectivity index (χ1) is 8.18. The van der Waals surface area contributed by atoms with Gasteiger partial charge in [0.15, 0.2) is 0 Å². The number of allylic oxidation sites excluding steroid dienone is 3. The summed E-state index contributed by atoms with van der Waals surface area (Å²) in [7, 11) is -3.57. The molecule has 4 nitrogen and oxygen atoms in total. The van der Waals surface area contributed by atoms with Crippen molar-refractivity contribution in [3.63, 3.8) is 0 Å². The summed E-state index contributed by atoms with van der Waals surface area (Å²) in [6.45, 7) is 5.83. The maximum absolute atomic E-state index is 12.0. The van der Waals surface area contributed by atoms with E-state index >= 15 is 0 Å². The van der Waals surface area contributed by atoms with Crippen molar-refractivity contribution >= 4 is 7.82 Å². The number of phosphoric ester groups is 1. The van der Waals surface area contributed by atoms with Gasteiger partial charge in [-0.1, -0.05) is 20.8 Å². The second-order valence-corrected chi connectivity index (χ2v) is 4.63. The molecule has 0 saturated carbocycles. The van der Waals surface area contributed by atoms with Crippen LogP contribution >= 0.6 is 7.82 Å². The van der Waals surface area contributed by atoms with Crippen LogP contribution in [0.5, 0.6) is 0 Å².